The van der Waals surface area contributed by atoms with E-state index in [0.717, 1.165) is 32.5 Å². The van der Waals surface area contributed by atoms with Crippen molar-refractivity contribution >= 4 is 29.1 Å². The van der Waals surface area contributed by atoms with E-state index in [1.165, 1.54) is 12.1 Å². The second kappa shape index (κ2) is 5.93. The molecule has 2 amide bonds. The largest absolute Gasteiger partial charge is 0.481 e. The summed E-state index contributed by atoms with van der Waals surface area (Å²) in [6.45, 7) is -0.207. The Kier molecular flexibility index (Phi) is 3.10. The molecule has 7 heteroatoms. The topological polar surface area (TPSA) is 61.9 Å². The van der Waals surface area contributed by atoms with Crippen molar-refractivity contribution in [2.75, 3.05) is 38.1 Å². The van der Waals surface area contributed by atoms with Crippen LogP contribution in [0, 0.1) is 5.92 Å². The van der Waals surface area contributed by atoms with Gasteiger partial charge in [0.2, 0.25) is 0 Å². The Morgan fingerprint density at radius 3 is 2.88 bits per heavy atom. The fourth-order valence-electron chi connectivity index (χ4n) is 3.77. The number of nitrogens with one attached hydrogen (secondary N) is 1. The molecular weight excluding hydrogens is 331 g/mol. The first-order valence-electron chi connectivity index (χ1n) is 9.56. The van der Waals surface area contributed by atoms with Gasteiger partial charge >= 0.3 is 0 Å². The van der Waals surface area contributed by atoms with Gasteiger partial charge in [-0.15, -0.1) is 0 Å². The highest BCUT2D eigenvalue weighted by Crippen LogP contribution is 2.38. The van der Waals surface area contributed by atoms with E-state index >= 15 is 0 Å². The molecule has 1 N–H and O–H groups in total. The standard InChI is InChI=1S/C17H20ClN3O3/c1-20-14-7-11(18)6-12(16(14)24-9-15(20)22)17(23)19-13-8-21-4-2-10(13)3-5-21/h6-7,10,13H,2-5,8-9H2,1H3,(H,19,23)/i1+1D3. The first kappa shape index (κ1) is 12.6. The number of likely N-dealkylation sites (N-methyl/N-ethyl adjacent to an activating group) is 1. The molecule has 0 aromatic heterocycles. The Balaban J connectivity index is 1.66. The van der Waals surface area contributed by atoms with Crippen molar-refractivity contribution in [3.63, 3.8) is 0 Å². The second-order valence-electron chi connectivity index (χ2n) is 6.54. The highest BCUT2D eigenvalue weighted by Gasteiger charge is 2.36. The van der Waals surface area contributed by atoms with Crippen LogP contribution in [0.15, 0.2) is 12.1 Å². The van der Waals surface area contributed by atoms with E-state index in [1.807, 2.05) is 0 Å². The smallest absolute Gasteiger partial charge is 0.264 e. The third-order valence-electron chi connectivity index (χ3n) is 5.08. The van der Waals surface area contributed by atoms with Gasteiger partial charge in [-0.25, -0.2) is 0 Å². The highest BCUT2D eigenvalue weighted by molar-refractivity contribution is 6.31. The lowest BCUT2D eigenvalue weighted by atomic mass is 9.84. The molecule has 4 heterocycles. The summed E-state index contributed by atoms with van der Waals surface area (Å²) >= 11 is 6.13. The summed E-state index contributed by atoms with van der Waals surface area (Å²) in [4.78, 5) is 28.0. The zero-order valence-corrected chi connectivity index (χ0v) is 13.8. The Bertz CT molecular complexity index is 794. The van der Waals surface area contributed by atoms with Crippen molar-refractivity contribution in [1.82, 2.24) is 10.2 Å². The number of ether oxygens (including phenoxy) is 1. The predicted molar refractivity (Wildman–Crippen MR) is 90.8 cm³/mol. The highest BCUT2D eigenvalue weighted by atomic mass is 35.5. The van der Waals surface area contributed by atoms with Crippen LogP contribution in [0.3, 0.4) is 0 Å². The lowest BCUT2D eigenvalue weighted by Crippen LogP contribution is -2.57. The first-order valence-corrected chi connectivity index (χ1v) is 8.44. The van der Waals surface area contributed by atoms with Crippen LogP contribution in [-0.2, 0) is 4.79 Å². The van der Waals surface area contributed by atoms with E-state index in [4.69, 9.17) is 20.5 Å². The van der Waals surface area contributed by atoms with E-state index in [-0.39, 0.29) is 34.0 Å². The molecule has 0 saturated carbocycles. The molecule has 4 aliphatic heterocycles. The molecule has 4 aliphatic rings. The summed E-state index contributed by atoms with van der Waals surface area (Å²) in [5.74, 6) is -0.551. The quantitative estimate of drug-likeness (QED) is 0.819. The molecule has 0 radical (unpaired) electrons. The van der Waals surface area contributed by atoms with E-state index in [2.05, 4.69) is 10.2 Å². The number of piperidine rings is 3. The summed E-state index contributed by atoms with van der Waals surface area (Å²) in [7, 11) is 0. The van der Waals surface area contributed by atoms with Crippen LogP contribution >= 0.6 is 11.6 Å². The molecule has 3 fully saturated rings. The van der Waals surface area contributed by atoms with Gasteiger partial charge < -0.3 is 19.9 Å². The van der Waals surface area contributed by atoms with Crippen LogP contribution in [0.25, 0.3) is 0 Å². The summed E-state index contributed by atoms with van der Waals surface area (Å²) in [6, 6.07) is 2.83. The normalized spacial score (nSPS) is 30.7. The number of nitrogens with zero attached hydrogens (tertiary/aromatic N) is 2. The minimum atomic E-state index is -2.69. The zero-order chi connectivity index (χ0) is 19.3. The van der Waals surface area contributed by atoms with Gasteiger partial charge in [0.05, 0.1) is 11.3 Å². The minimum absolute atomic E-state index is 0.00202. The molecule has 24 heavy (non-hydrogen) atoms. The van der Waals surface area contributed by atoms with E-state index in [1.54, 1.807) is 0 Å². The third-order valence-corrected chi connectivity index (χ3v) is 5.30. The van der Waals surface area contributed by atoms with Crippen molar-refractivity contribution < 1.29 is 18.4 Å². The van der Waals surface area contributed by atoms with Crippen LogP contribution in [0.4, 0.5) is 5.69 Å². The van der Waals surface area contributed by atoms with E-state index in [9.17, 15) is 9.59 Å². The molecule has 128 valence electrons. The zero-order valence-electron chi connectivity index (χ0n) is 16.0. The minimum Gasteiger partial charge on any atom is -0.481 e. The predicted octanol–water partition coefficient (Wildman–Crippen LogP) is 1.52. The molecule has 6 nitrogen and oxygen atoms in total. The second-order valence-corrected chi connectivity index (χ2v) is 6.97. The molecule has 1 unspecified atom stereocenters. The lowest BCUT2D eigenvalue weighted by Gasteiger charge is -2.45. The number of carbonyl (C=O) groups excluding carboxylic acids is 2. The Morgan fingerprint density at radius 1 is 1.42 bits per heavy atom. The Labute approximate surface area is 149 Å². The van der Waals surface area contributed by atoms with Gasteiger partial charge in [-0.05, 0) is 44.0 Å². The number of amides is 2. The molecule has 1 aromatic carbocycles. The average Bonchev–Trinajstić information content (AvgIpc) is 2.60. The van der Waals surface area contributed by atoms with Crippen LogP contribution in [-0.4, -0.2) is 56.0 Å². The number of halogens is 1. The molecule has 0 spiro atoms. The fourth-order valence-corrected chi connectivity index (χ4v) is 3.99. The molecule has 3 saturated heterocycles. The number of hydrogen-bond acceptors (Lipinski definition) is 4. The number of hydrogen-bond donors (Lipinski definition) is 1. The van der Waals surface area contributed by atoms with Gasteiger partial charge in [0.15, 0.2) is 12.4 Å². The summed E-state index contributed by atoms with van der Waals surface area (Å²) in [5, 5.41) is 3.21. The first-order chi connectivity index (χ1) is 12.7. The number of benzene rings is 1. The van der Waals surface area contributed by atoms with Gasteiger partial charge in [0, 0.05) is 28.7 Å². The van der Waals surface area contributed by atoms with Crippen LogP contribution < -0.4 is 15.0 Å². The maximum Gasteiger partial charge on any atom is 0.264 e. The summed E-state index contributed by atoms with van der Waals surface area (Å²) < 4.78 is 28.3. The van der Waals surface area contributed by atoms with Crippen molar-refractivity contribution in [3.05, 3.63) is 22.7 Å². The monoisotopic (exact) mass is 353 g/mol. The van der Waals surface area contributed by atoms with Gasteiger partial charge in [-0.3, -0.25) is 9.59 Å². The molecule has 0 aliphatic carbocycles. The fraction of sp³-hybridized carbons (Fsp3) is 0.529. The third kappa shape index (κ3) is 2.63. The maximum absolute atomic E-state index is 12.9. The molecule has 1 atom stereocenters. The summed E-state index contributed by atoms with van der Waals surface area (Å²) in [6.07, 6.45) is 2.10. The van der Waals surface area contributed by atoms with E-state index < -0.39 is 19.5 Å². The van der Waals surface area contributed by atoms with Gasteiger partial charge in [-0.1, -0.05) is 11.6 Å². The molecule has 2 bridgehead atoms. The molecule has 5 rings (SSSR count). The number of rotatable bonds is 2. The van der Waals surface area contributed by atoms with Gasteiger partial charge in [-0.2, -0.15) is 0 Å². The van der Waals surface area contributed by atoms with Gasteiger partial charge in [0.25, 0.3) is 11.8 Å². The molecule has 1 aromatic rings. The lowest BCUT2D eigenvalue weighted by molar-refractivity contribution is -0.121. The Morgan fingerprint density at radius 2 is 2.21 bits per heavy atom. The van der Waals surface area contributed by atoms with Gasteiger partial charge in [0.1, 0.15) is 0 Å². The van der Waals surface area contributed by atoms with Crippen molar-refractivity contribution in [2.24, 2.45) is 5.92 Å². The van der Waals surface area contributed by atoms with Crippen molar-refractivity contribution in [1.29, 1.82) is 0 Å². The number of carbonyl (C=O) groups is 2. The van der Waals surface area contributed by atoms with E-state index in [0.29, 0.717) is 10.8 Å². The number of anilines is 1. The van der Waals surface area contributed by atoms with Crippen LogP contribution in [0.2, 0.25) is 5.02 Å². The SMILES string of the molecule is [2H][13C]([2H])([2H])N1C(=O)COc2c(C(=O)NC3CN4CCC3CC4)cc(Cl)cc21. The van der Waals surface area contributed by atoms with Crippen molar-refractivity contribution in [3.8, 4) is 5.75 Å². The molecular formula is C17H20ClN3O3. The Hall–Kier alpha value is -1.79. The number of fused-ring (bicyclic) bond motifs is 4. The summed E-state index contributed by atoms with van der Waals surface area (Å²) in [5.41, 5.74) is 0.147. The van der Waals surface area contributed by atoms with Crippen LogP contribution in [0.1, 0.15) is 27.3 Å². The van der Waals surface area contributed by atoms with Crippen molar-refractivity contribution in [2.45, 2.75) is 18.9 Å². The van der Waals surface area contributed by atoms with Crippen LogP contribution in [0.5, 0.6) is 5.75 Å². The maximum atomic E-state index is 12.9. The average molecular weight is 354 g/mol.